The largest absolute Gasteiger partial charge is 0.256 e. The highest BCUT2D eigenvalue weighted by Crippen LogP contribution is 2.53. The fourth-order valence-corrected chi connectivity index (χ4v) is 9.46. The molecule has 55 heavy (non-hydrogen) atoms. The highest BCUT2D eigenvalue weighted by atomic mass is 14.7. The Morgan fingerprint density at radius 3 is 1.11 bits per heavy atom. The lowest BCUT2D eigenvalue weighted by Gasteiger charge is -2.24. The molecule has 0 unspecified atom stereocenters. The van der Waals surface area contributed by atoms with Crippen LogP contribution in [0.25, 0.3) is 99.0 Å². The van der Waals surface area contributed by atoms with Gasteiger partial charge in [-0.15, -0.1) is 0 Å². The normalized spacial score (nSPS) is 13.1. The van der Waals surface area contributed by atoms with Crippen molar-refractivity contribution in [3.8, 4) is 55.6 Å². The van der Waals surface area contributed by atoms with E-state index in [0.717, 1.165) is 11.0 Å². The van der Waals surface area contributed by atoms with Crippen LogP contribution in [0.15, 0.2) is 182 Å². The van der Waals surface area contributed by atoms with E-state index in [9.17, 15) is 0 Å². The van der Waals surface area contributed by atoms with E-state index >= 15 is 0 Å². The molecule has 0 saturated heterocycles. The van der Waals surface area contributed by atoms with Crippen LogP contribution in [-0.2, 0) is 5.41 Å². The molecule has 0 amide bonds. The fourth-order valence-electron chi connectivity index (χ4n) is 9.46. The first-order valence-corrected chi connectivity index (χ1v) is 19.1. The molecule has 0 N–H and O–H groups in total. The van der Waals surface area contributed by atoms with Crippen molar-refractivity contribution in [1.29, 1.82) is 0 Å². The molecule has 0 atom stereocenters. The van der Waals surface area contributed by atoms with Crippen molar-refractivity contribution in [2.45, 2.75) is 19.3 Å². The number of fused-ring (bicyclic) bond motifs is 7. The molecule has 1 aliphatic carbocycles. The Morgan fingerprint density at radius 2 is 0.691 bits per heavy atom. The van der Waals surface area contributed by atoms with Crippen LogP contribution >= 0.6 is 0 Å². The number of rotatable bonds is 4. The third kappa shape index (κ3) is 4.68. The van der Waals surface area contributed by atoms with Crippen molar-refractivity contribution in [1.82, 2.24) is 9.97 Å². The second kappa shape index (κ2) is 12.1. The number of aromatic nitrogens is 2. The summed E-state index contributed by atoms with van der Waals surface area (Å²) in [5, 5.41) is 7.25. The van der Waals surface area contributed by atoms with Gasteiger partial charge in [0.1, 0.15) is 0 Å². The third-order valence-electron chi connectivity index (χ3n) is 11.9. The lowest BCUT2D eigenvalue weighted by atomic mass is 9.79. The molecular formula is C53H36N2. The molecule has 2 nitrogen and oxygen atoms in total. The predicted molar refractivity (Wildman–Crippen MR) is 231 cm³/mol. The molecule has 2 heterocycles. The minimum absolute atomic E-state index is 0.224. The monoisotopic (exact) mass is 700 g/mol. The number of nitrogens with zero attached hydrogens (tertiary/aromatic N) is 2. The van der Waals surface area contributed by atoms with Crippen molar-refractivity contribution in [2.75, 3.05) is 0 Å². The average Bonchev–Trinajstić information content (AvgIpc) is 3.47. The van der Waals surface area contributed by atoms with Gasteiger partial charge in [-0.1, -0.05) is 159 Å². The van der Waals surface area contributed by atoms with Gasteiger partial charge in [0.25, 0.3) is 0 Å². The molecule has 0 bridgehead atoms. The van der Waals surface area contributed by atoms with Crippen molar-refractivity contribution >= 4 is 43.4 Å². The van der Waals surface area contributed by atoms with Gasteiger partial charge in [0.2, 0.25) is 0 Å². The summed E-state index contributed by atoms with van der Waals surface area (Å²) >= 11 is 0. The molecule has 1 aliphatic rings. The Hall–Kier alpha value is -6.90. The van der Waals surface area contributed by atoms with Crippen LogP contribution in [0, 0.1) is 0 Å². The zero-order valence-corrected chi connectivity index (χ0v) is 30.7. The van der Waals surface area contributed by atoms with Gasteiger partial charge in [0.15, 0.2) is 0 Å². The minimum atomic E-state index is -0.224. The third-order valence-corrected chi connectivity index (χ3v) is 11.9. The zero-order valence-electron chi connectivity index (χ0n) is 30.7. The van der Waals surface area contributed by atoms with E-state index in [1.807, 2.05) is 12.4 Å². The predicted octanol–water partition coefficient (Wildman–Crippen LogP) is 14.1. The quantitative estimate of drug-likeness (QED) is 0.171. The maximum atomic E-state index is 5.03. The molecule has 0 fully saturated rings. The van der Waals surface area contributed by atoms with Gasteiger partial charge in [0, 0.05) is 39.7 Å². The van der Waals surface area contributed by atoms with E-state index in [1.54, 1.807) is 0 Å². The second-order valence-corrected chi connectivity index (χ2v) is 15.3. The second-order valence-electron chi connectivity index (χ2n) is 15.3. The Kier molecular flexibility index (Phi) is 6.93. The lowest BCUT2D eigenvalue weighted by molar-refractivity contribution is 0.661. The molecule has 8 aromatic carbocycles. The van der Waals surface area contributed by atoms with E-state index in [0.29, 0.717) is 0 Å². The summed E-state index contributed by atoms with van der Waals surface area (Å²) in [6.45, 7) is 4.77. The van der Waals surface area contributed by atoms with Crippen LogP contribution < -0.4 is 0 Å². The van der Waals surface area contributed by atoms with Crippen LogP contribution in [0.3, 0.4) is 0 Å². The smallest absolute Gasteiger partial charge is 0.0792 e. The number of benzene rings is 8. The first kappa shape index (κ1) is 31.6. The van der Waals surface area contributed by atoms with Crippen LogP contribution in [0.5, 0.6) is 0 Å². The Labute approximate surface area is 320 Å². The van der Waals surface area contributed by atoms with E-state index in [4.69, 9.17) is 9.97 Å². The summed E-state index contributed by atoms with van der Waals surface area (Å²) in [5.41, 5.74) is 16.8. The first-order chi connectivity index (χ1) is 27.1. The number of hydrogen-bond acceptors (Lipinski definition) is 2. The van der Waals surface area contributed by atoms with Crippen molar-refractivity contribution in [3.05, 3.63) is 193 Å². The van der Waals surface area contributed by atoms with Crippen LogP contribution in [0.2, 0.25) is 0 Å². The molecule has 258 valence electrons. The maximum absolute atomic E-state index is 5.03. The zero-order chi connectivity index (χ0) is 36.7. The molecule has 0 radical (unpaired) electrons. The van der Waals surface area contributed by atoms with Gasteiger partial charge >= 0.3 is 0 Å². The van der Waals surface area contributed by atoms with E-state index in [2.05, 4.69) is 184 Å². The van der Waals surface area contributed by atoms with E-state index < -0.39 is 0 Å². The average molecular weight is 701 g/mol. The number of hydrogen-bond donors (Lipinski definition) is 0. The Morgan fingerprint density at radius 1 is 0.327 bits per heavy atom. The molecule has 2 heteroatoms. The molecule has 0 aliphatic heterocycles. The summed E-state index contributed by atoms with van der Waals surface area (Å²) in [5.74, 6) is 0. The van der Waals surface area contributed by atoms with Crippen molar-refractivity contribution < 1.29 is 0 Å². The van der Waals surface area contributed by atoms with Crippen LogP contribution in [0.1, 0.15) is 25.0 Å². The van der Waals surface area contributed by atoms with Crippen molar-refractivity contribution in [3.63, 3.8) is 0 Å². The van der Waals surface area contributed by atoms with E-state index in [1.165, 1.54) is 99.1 Å². The van der Waals surface area contributed by atoms with Crippen LogP contribution in [-0.4, -0.2) is 9.97 Å². The van der Waals surface area contributed by atoms with Gasteiger partial charge in [-0.05, 0) is 101 Å². The van der Waals surface area contributed by atoms with Gasteiger partial charge in [-0.3, -0.25) is 9.97 Å². The van der Waals surface area contributed by atoms with Gasteiger partial charge in [-0.25, -0.2) is 0 Å². The first-order valence-electron chi connectivity index (χ1n) is 19.1. The SMILES string of the molecule is CC1(C)c2cc(-c3c4ccccc4c(-c4ccccc4)c4ncccc34)ccc2-c2ccc(-c3c4ccccc4c(-c4ccccc4)c4ncccc34)cc21. The molecule has 2 aromatic heterocycles. The highest BCUT2D eigenvalue weighted by molar-refractivity contribution is 6.21. The fraction of sp³-hybridized carbons (Fsp3) is 0.0566. The Balaban J connectivity index is 1.10. The van der Waals surface area contributed by atoms with Gasteiger partial charge in [-0.2, -0.15) is 0 Å². The topological polar surface area (TPSA) is 25.8 Å². The maximum Gasteiger partial charge on any atom is 0.0792 e. The molecule has 11 rings (SSSR count). The minimum Gasteiger partial charge on any atom is -0.256 e. The summed E-state index contributed by atoms with van der Waals surface area (Å²) in [7, 11) is 0. The number of pyridine rings is 2. The summed E-state index contributed by atoms with van der Waals surface area (Å²) < 4.78 is 0. The van der Waals surface area contributed by atoms with Crippen molar-refractivity contribution in [2.24, 2.45) is 0 Å². The summed E-state index contributed by atoms with van der Waals surface area (Å²) in [4.78, 5) is 10.1. The lowest BCUT2D eigenvalue weighted by Crippen LogP contribution is -2.15. The molecule has 10 aromatic rings. The highest BCUT2D eigenvalue weighted by Gasteiger charge is 2.36. The van der Waals surface area contributed by atoms with Gasteiger partial charge < -0.3 is 0 Å². The molecule has 0 spiro atoms. The van der Waals surface area contributed by atoms with Crippen LogP contribution in [0.4, 0.5) is 0 Å². The molecular weight excluding hydrogens is 665 g/mol. The van der Waals surface area contributed by atoms with Gasteiger partial charge in [0.05, 0.1) is 11.0 Å². The summed E-state index contributed by atoms with van der Waals surface area (Å²) in [6.07, 6.45) is 3.84. The van der Waals surface area contributed by atoms with E-state index in [-0.39, 0.29) is 5.41 Å². The summed E-state index contributed by atoms with van der Waals surface area (Å²) in [6, 6.07) is 61.9. The Bertz CT molecular complexity index is 2830. The standard InChI is InChI=1S/C53H36N2/c1-53(2)45-31-35(47-39-19-9-11-21-41(39)49(33-15-5-3-6-16-33)51-43(47)23-13-29-54-51)25-27-37(45)38-28-26-36(32-46(38)53)48-40-20-10-12-22-42(40)50(34-17-7-4-8-18-34)52-44(48)24-14-30-55-52/h3-32H,1-2H3. The molecule has 0 saturated carbocycles.